The van der Waals surface area contributed by atoms with Crippen molar-refractivity contribution in [3.63, 3.8) is 0 Å². The van der Waals surface area contributed by atoms with E-state index in [4.69, 9.17) is 22.2 Å². The van der Waals surface area contributed by atoms with Crippen molar-refractivity contribution in [3.05, 3.63) is 0 Å². The fraction of sp³-hybridized carbons (Fsp3) is 1.00. The second-order valence-corrected chi connectivity index (χ2v) is 18.9. The first-order chi connectivity index (χ1) is 2.56. The summed E-state index contributed by atoms with van der Waals surface area (Å²) in [5, 5.41) is 0. The lowest BCUT2D eigenvalue weighted by Gasteiger charge is -2.01. The third-order valence-corrected chi connectivity index (χ3v) is 10.4. The third kappa shape index (κ3) is 5.01. The summed E-state index contributed by atoms with van der Waals surface area (Å²) in [4.78, 5) is 0. The zero-order valence-electron chi connectivity index (χ0n) is 3.96. The van der Waals surface area contributed by atoms with Gasteiger partial charge in [0.25, 0.3) is 0 Å². The zero-order valence-corrected chi connectivity index (χ0v) is 7.89. The van der Waals surface area contributed by atoms with E-state index >= 15 is 0 Å². The van der Waals surface area contributed by atoms with Crippen molar-refractivity contribution in [2.45, 2.75) is 13.1 Å². The molecule has 0 saturated carbocycles. The molecule has 0 aliphatic rings. The first-order valence-corrected chi connectivity index (χ1v) is 10.2. The van der Waals surface area contributed by atoms with Crippen LogP contribution in [0, 0.1) is 0 Å². The molecule has 4 heteroatoms. The molecule has 0 unspecified atom stereocenters. The van der Waals surface area contributed by atoms with E-state index in [2.05, 4.69) is 6.55 Å². The van der Waals surface area contributed by atoms with Crippen molar-refractivity contribution >= 4 is 37.4 Å². The van der Waals surface area contributed by atoms with Crippen LogP contribution in [0.25, 0.3) is 0 Å². The van der Waals surface area contributed by atoms with Crippen molar-refractivity contribution in [1.82, 2.24) is 0 Å². The van der Waals surface area contributed by atoms with Crippen LogP contribution in [-0.4, -0.2) is 15.2 Å². The van der Waals surface area contributed by atoms with Gasteiger partial charge in [0.1, 0.15) is 0 Å². The van der Waals surface area contributed by atoms with Crippen molar-refractivity contribution in [1.29, 1.82) is 0 Å². The van der Waals surface area contributed by atoms with E-state index in [0.717, 1.165) is 0 Å². The Morgan fingerprint density at radius 1 is 1.50 bits per heavy atom. The van der Waals surface area contributed by atoms with Gasteiger partial charge in [0.05, 0.1) is 0 Å². The van der Waals surface area contributed by atoms with Gasteiger partial charge in [0, 0.05) is 9.04 Å². The van der Waals surface area contributed by atoms with Crippen molar-refractivity contribution in [3.8, 4) is 0 Å². The molecule has 0 aromatic heterocycles. The topological polar surface area (TPSA) is 0 Å². The van der Waals surface area contributed by atoms with E-state index in [1.54, 1.807) is 0 Å². The lowest BCUT2D eigenvalue weighted by Crippen LogP contribution is -2.20. The number of rotatable bonds is 1. The Hall–Kier alpha value is 1.01. The molecule has 0 bridgehead atoms. The SMILES string of the molecule is C[SiH2][Si](C)(Cl)Cl. The van der Waals surface area contributed by atoms with Crippen LogP contribution in [0.1, 0.15) is 0 Å². The lowest BCUT2D eigenvalue weighted by atomic mass is 11.9. The fourth-order valence-electron chi connectivity index (χ4n) is 0. The predicted molar refractivity (Wildman–Crippen MR) is 37.7 cm³/mol. The van der Waals surface area contributed by atoms with Gasteiger partial charge in [0.2, 0.25) is 6.21 Å². The van der Waals surface area contributed by atoms with E-state index in [1.807, 2.05) is 6.55 Å². The minimum absolute atomic E-state index is 0.0779. The van der Waals surface area contributed by atoms with Crippen molar-refractivity contribution < 1.29 is 0 Å². The molecule has 0 fully saturated rings. The molecular weight excluding hydrogens is 151 g/mol. The normalized spacial score (nSPS) is 14.0. The van der Waals surface area contributed by atoms with E-state index < -0.39 is 6.21 Å². The third-order valence-electron chi connectivity index (χ3n) is 0.621. The summed E-state index contributed by atoms with van der Waals surface area (Å²) >= 11 is 11.4. The van der Waals surface area contributed by atoms with Gasteiger partial charge in [-0.3, -0.25) is 0 Å². The van der Waals surface area contributed by atoms with Gasteiger partial charge in [-0.2, -0.15) is 22.2 Å². The zero-order chi connectivity index (χ0) is 5.21. The first-order valence-electron chi connectivity index (χ1n) is 1.94. The van der Waals surface area contributed by atoms with Crippen LogP contribution in [0.5, 0.6) is 0 Å². The summed E-state index contributed by atoms with van der Waals surface area (Å²) in [6, 6.07) is 0. The molecule has 0 aromatic carbocycles. The van der Waals surface area contributed by atoms with Gasteiger partial charge >= 0.3 is 0 Å². The van der Waals surface area contributed by atoms with Crippen LogP contribution in [0.4, 0.5) is 0 Å². The second kappa shape index (κ2) is 2.35. The van der Waals surface area contributed by atoms with Gasteiger partial charge in [-0.1, -0.05) is 6.55 Å². The quantitative estimate of drug-likeness (QED) is 0.399. The van der Waals surface area contributed by atoms with Gasteiger partial charge in [-0.05, 0) is 6.55 Å². The molecular formula is C2H8Cl2Si2. The smallest absolute Gasteiger partial charge is 0.151 e. The highest BCUT2D eigenvalue weighted by molar-refractivity contribution is 7.66. The summed E-state index contributed by atoms with van der Waals surface area (Å²) in [6.45, 7) is 4.12. The van der Waals surface area contributed by atoms with Gasteiger partial charge in [-0.15, -0.1) is 0 Å². The monoisotopic (exact) mass is 158 g/mol. The van der Waals surface area contributed by atoms with Crippen LogP contribution < -0.4 is 0 Å². The maximum Gasteiger partial charge on any atom is 0.228 e. The van der Waals surface area contributed by atoms with E-state index in [-0.39, 0.29) is 9.04 Å². The molecule has 0 nitrogen and oxygen atoms in total. The Morgan fingerprint density at radius 2 is 1.67 bits per heavy atom. The summed E-state index contributed by atoms with van der Waals surface area (Å²) < 4.78 is 0. The maximum absolute atomic E-state index is 5.68. The Bertz CT molecular complexity index is 39.3. The molecule has 0 spiro atoms. The minimum atomic E-state index is -1.55. The van der Waals surface area contributed by atoms with Crippen molar-refractivity contribution in [2.24, 2.45) is 0 Å². The molecule has 0 aliphatic heterocycles. The molecule has 0 amide bonds. The first kappa shape index (κ1) is 7.01. The number of hydrogen-bond acceptors (Lipinski definition) is 0. The molecule has 6 heavy (non-hydrogen) atoms. The number of halogens is 2. The molecule has 0 rings (SSSR count). The largest absolute Gasteiger partial charge is 0.228 e. The molecule has 0 aliphatic carbocycles. The molecule has 0 aromatic rings. The average Bonchev–Trinajstić information content (AvgIpc) is 1.35. The number of hydrogen-bond donors (Lipinski definition) is 0. The van der Waals surface area contributed by atoms with E-state index in [0.29, 0.717) is 0 Å². The highest BCUT2D eigenvalue weighted by Gasteiger charge is 2.16. The molecule has 0 atom stereocenters. The van der Waals surface area contributed by atoms with E-state index in [9.17, 15) is 0 Å². The van der Waals surface area contributed by atoms with Crippen LogP contribution >= 0.6 is 22.2 Å². The lowest BCUT2D eigenvalue weighted by molar-refractivity contribution is 2.24. The van der Waals surface area contributed by atoms with Crippen LogP contribution in [0.2, 0.25) is 13.1 Å². The predicted octanol–water partition coefficient (Wildman–Crippen LogP) is 1.25. The standard InChI is InChI=1S/C2H8Cl2Si2/c1-5-6(2,3)4/h5H2,1-2H3. The second-order valence-electron chi connectivity index (χ2n) is 1.42. The Kier molecular flexibility index (Phi) is 2.75. The molecule has 0 radical (unpaired) electrons. The maximum atomic E-state index is 5.68. The summed E-state index contributed by atoms with van der Waals surface area (Å²) in [5.41, 5.74) is 0. The van der Waals surface area contributed by atoms with Gasteiger partial charge in [-0.25, -0.2) is 0 Å². The Morgan fingerprint density at radius 3 is 1.67 bits per heavy atom. The summed E-state index contributed by atoms with van der Waals surface area (Å²) in [5.74, 6) is 0. The molecule has 0 heterocycles. The van der Waals surface area contributed by atoms with Crippen LogP contribution in [0.3, 0.4) is 0 Å². The highest BCUT2D eigenvalue weighted by Crippen LogP contribution is 2.09. The molecule has 38 valence electrons. The fourth-order valence-corrected chi connectivity index (χ4v) is 0. The summed E-state index contributed by atoms with van der Waals surface area (Å²) in [7, 11) is -0.0779. The minimum Gasteiger partial charge on any atom is -0.151 e. The highest BCUT2D eigenvalue weighted by atomic mass is 35.7. The van der Waals surface area contributed by atoms with Gasteiger partial charge in [0.15, 0.2) is 0 Å². The average molecular weight is 159 g/mol. The van der Waals surface area contributed by atoms with Crippen molar-refractivity contribution in [2.75, 3.05) is 0 Å². The molecule has 0 N–H and O–H groups in total. The van der Waals surface area contributed by atoms with E-state index in [1.165, 1.54) is 0 Å². The van der Waals surface area contributed by atoms with Crippen LogP contribution in [-0.2, 0) is 0 Å². The molecule has 0 saturated heterocycles. The Labute approximate surface area is 50.9 Å². The van der Waals surface area contributed by atoms with Gasteiger partial charge < -0.3 is 0 Å². The Balaban J connectivity index is 3.17. The van der Waals surface area contributed by atoms with Crippen LogP contribution in [0.15, 0.2) is 0 Å². The summed E-state index contributed by atoms with van der Waals surface area (Å²) in [6.07, 6.45) is -1.55.